The number of methoxy groups -OCH3 is 1. The van der Waals surface area contributed by atoms with E-state index in [4.69, 9.17) is 4.74 Å². The summed E-state index contributed by atoms with van der Waals surface area (Å²) in [7, 11) is 1.34. The molecular weight excluding hydrogens is 390 g/mol. The topological polar surface area (TPSA) is 92.7 Å². The van der Waals surface area contributed by atoms with E-state index in [1.807, 2.05) is 6.08 Å². The number of ether oxygens (including phenoxy) is 1. The number of fused-ring (bicyclic) bond motifs is 1. The lowest BCUT2D eigenvalue weighted by atomic mass is 9.72. The van der Waals surface area contributed by atoms with Gasteiger partial charge in [-0.25, -0.2) is 4.79 Å². The van der Waals surface area contributed by atoms with Crippen molar-refractivity contribution in [3.63, 3.8) is 0 Å². The highest BCUT2D eigenvalue weighted by Gasteiger charge is 2.37. The van der Waals surface area contributed by atoms with E-state index in [2.05, 4.69) is 26.1 Å². The molecule has 1 heterocycles. The summed E-state index contributed by atoms with van der Waals surface area (Å²) in [4.78, 5) is 38.1. The van der Waals surface area contributed by atoms with E-state index < -0.39 is 23.8 Å². The number of anilines is 1. The molecule has 0 radical (unpaired) electrons. The Balaban J connectivity index is 1.90. The fraction of sp³-hybridized carbons (Fsp3) is 0.591. The van der Waals surface area contributed by atoms with Crippen molar-refractivity contribution >= 4 is 34.2 Å². The summed E-state index contributed by atoms with van der Waals surface area (Å²) in [5.41, 5.74) is 1.57. The Bertz CT molecular complexity index is 848. The number of carbonyl (C=O) groups excluding carboxylic acids is 2. The average molecular weight is 420 g/mol. The lowest BCUT2D eigenvalue weighted by molar-refractivity contribution is -0.146. The lowest BCUT2D eigenvalue weighted by Crippen LogP contribution is -2.34. The predicted molar refractivity (Wildman–Crippen MR) is 112 cm³/mol. The first-order valence-corrected chi connectivity index (χ1v) is 10.9. The highest BCUT2D eigenvalue weighted by Crippen LogP contribution is 2.44. The van der Waals surface area contributed by atoms with Crippen LogP contribution in [0.1, 0.15) is 60.8 Å². The fourth-order valence-electron chi connectivity index (χ4n) is 4.31. The van der Waals surface area contributed by atoms with E-state index in [1.165, 1.54) is 18.4 Å². The van der Waals surface area contributed by atoms with E-state index in [0.29, 0.717) is 29.3 Å². The van der Waals surface area contributed by atoms with Crippen LogP contribution in [-0.4, -0.2) is 30.1 Å². The summed E-state index contributed by atoms with van der Waals surface area (Å²) < 4.78 is 4.99. The van der Waals surface area contributed by atoms with Gasteiger partial charge in [-0.15, -0.1) is 11.3 Å². The minimum Gasteiger partial charge on any atom is -0.481 e. The van der Waals surface area contributed by atoms with E-state index in [0.717, 1.165) is 29.7 Å². The molecule has 6 nitrogen and oxygen atoms in total. The number of thiophene rings is 1. The number of allylic oxidation sites excluding steroid dienone is 2. The Morgan fingerprint density at radius 2 is 1.83 bits per heavy atom. The Hall–Kier alpha value is -2.15. The normalized spacial score (nSPS) is 23.9. The molecule has 7 heteroatoms. The number of carboxylic acid groups (broad SMARTS) is 1. The van der Waals surface area contributed by atoms with Crippen molar-refractivity contribution < 1.29 is 24.2 Å². The van der Waals surface area contributed by atoms with Crippen molar-refractivity contribution in [2.75, 3.05) is 12.4 Å². The molecule has 1 aromatic rings. The summed E-state index contributed by atoms with van der Waals surface area (Å²) >= 11 is 1.43. The van der Waals surface area contributed by atoms with Crippen molar-refractivity contribution in [2.24, 2.45) is 23.2 Å². The number of hydrogen-bond donors (Lipinski definition) is 2. The van der Waals surface area contributed by atoms with E-state index in [-0.39, 0.29) is 11.3 Å². The van der Waals surface area contributed by atoms with Crippen LogP contribution in [0.5, 0.6) is 0 Å². The van der Waals surface area contributed by atoms with Gasteiger partial charge in [0.15, 0.2) is 0 Å². The van der Waals surface area contributed by atoms with Gasteiger partial charge in [-0.3, -0.25) is 9.59 Å². The molecule has 0 aliphatic heterocycles. The third kappa shape index (κ3) is 4.39. The number of carbonyl (C=O) groups is 3. The Labute approximate surface area is 175 Å². The third-order valence-electron chi connectivity index (χ3n) is 6.20. The molecule has 158 valence electrons. The summed E-state index contributed by atoms with van der Waals surface area (Å²) in [6.45, 7) is 6.68. The smallest absolute Gasteiger partial charge is 0.341 e. The molecule has 29 heavy (non-hydrogen) atoms. The molecule has 3 rings (SSSR count). The summed E-state index contributed by atoms with van der Waals surface area (Å²) in [6, 6.07) is 0. The van der Waals surface area contributed by atoms with Crippen LogP contribution in [0.3, 0.4) is 0 Å². The van der Waals surface area contributed by atoms with Crippen LogP contribution < -0.4 is 5.32 Å². The maximum atomic E-state index is 12.9. The van der Waals surface area contributed by atoms with Gasteiger partial charge in [0.2, 0.25) is 5.91 Å². The van der Waals surface area contributed by atoms with Gasteiger partial charge < -0.3 is 15.2 Å². The van der Waals surface area contributed by atoms with Crippen molar-refractivity contribution in [2.45, 2.75) is 52.9 Å². The lowest BCUT2D eigenvalue weighted by Gasteiger charge is -2.33. The first kappa shape index (κ1) is 21.6. The monoisotopic (exact) mass is 419 g/mol. The number of esters is 1. The molecule has 3 atom stereocenters. The highest BCUT2D eigenvalue weighted by atomic mass is 32.1. The molecule has 2 N–H and O–H groups in total. The maximum absolute atomic E-state index is 12.9. The number of carboxylic acids is 1. The number of rotatable bonds is 4. The van der Waals surface area contributed by atoms with Gasteiger partial charge in [0.1, 0.15) is 5.00 Å². The largest absolute Gasteiger partial charge is 0.481 e. The van der Waals surface area contributed by atoms with Crippen LogP contribution >= 0.6 is 11.3 Å². The fourth-order valence-corrected chi connectivity index (χ4v) is 5.63. The molecule has 2 aliphatic carbocycles. The molecule has 0 fully saturated rings. The van der Waals surface area contributed by atoms with Gasteiger partial charge >= 0.3 is 11.9 Å². The zero-order valence-corrected chi connectivity index (χ0v) is 18.2. The third-order valence-corrected chi connectivity index (χ3v) is 7.37. The van der Waals surface area contributed by atoms with Crippen LogP contribution in [0, 0.1) is 23.2 Å². The van der Waals surface area contributed by atoms with Gasteiger partial charge in [-0.05, 0) is 49.0 Å². The van der Waals surface area contributed by atoms with Crippen molar-refractivity contribution in [3.8, 4) is 0 Å². The minimum atomic E-state index is -0.971. The molecule has 0 saturated heterocycles. The average Bonchev–Trinajstić information content (AvgIpc) is 3.03. The molecule has 1 amide bonds. The quantitative estimate of drug-likeness (QED) is 0.561. The summed E-state index contributed by atoms with van der Waals surface area (Å²) in [6.07, 6.45) is 7.00. The molecule has 0 bridgehead atoms. The summed E-state index contributed by atoms with van der Waals surface area (Å²) in [5, 5.41) is 12.8. The van der Waals surface area contributed by atoms with Gasteiger partial charge in [0, 0.05) is 4.88 Å². The van der Waals surface area contributed by atoms with Gasteiger partial charge in [0.05, 0.1) is 24.5 Å². The van der Waals surface area contributed by atoms with Crippen LogP contribution in [-0.2, 0) is 27.2 Å². The first-order chi connectivity index (χ1) is 13.6. The number of aliphatic carboxylic acids is 1. The maximum Gasteiger partial charge on any atom is 0.341 e. The van der Waals surface area contributed by atoms with Crippen molar-refractivity contribution in [1.82, 2.24) is 0 Å². The Kier molecular flexibility index (Phi) is 6.17. The van der Waals surface area contributed by atoms with Crippen molar-refractivity contribution in [3.05, 3.63) is 28.2 Å². The van der Waals surface area contributed by atoms with Crippen molar-refractivity contribution in [1.29, 1.82) is 0 Å². The van der Waals surface area contributed by atoms with Crippen LogP contribution in [0.4, 0.5) is 5.00 Å². The molecule has 0 spiro atoms. The SMILES string of the molecule is COC(=O)c1c(NC(=O)[C@@H]2CC=CC[C@@H]2C(=O)O)sc2c1CC[C@@H](C(C)(C)C)C2. The summed E-state index contributed by atoms with van der Waals surface area (Å²) in [5.74, 6) is -2.67. The molecule has 0 saturated carbocycles. The number of amides is 1. The Morgan fingerprint density at radius 1 is 1.17 bits per heavy atom. The number of hydrogen-bond acceptors (Lipinski definition) is 5. The van der Waals surface area contributed by atoms with E-state index in [9.17, 15) is 19.5 Å². The van der Waals surface area contributed by atoms with Crippen LogP contribution in [0.2, 0.25) is 0 Å². The van der Waals surface area contributed by atoms with Gasteiger partial charge in [0.25, 0.3) is 0 Å². The standard InChI is InChI=1S/C22H29NO5S/c1-22(2,3)12-9-10-15-16(11-12)29-19(17(15)21(27)28-4)23-18(24)13-7-5-6-8-14(13)20(25)26/h5-6,12-14H,7-11H2,1-4H3,(H,23,24)(H,25,26)/t12-,13-,14+/m1/s1. The molecule has 0 unspecified atom stereocenters. The van der Waals surface area contributed by atoms with E-state index in [1.54, 1.807) is 6.08 Å². The van der Waals surface area contributed by atoms with E-state index >= 15 is 0 Å². The second kappa shape index (κ2) is 8.30. The Morgan fingerprint density at radius 3 is 2.41 bits per heavy atom. The molecule has 1 aromatic heterocycles. The molecular formula is C22H29NO5S. The van der Waals surface area contributed by atoms with Crippen LogP contribution in [0.15, 0.2) is 12.2 Å². The second-order valence-corrected chi connectivity index (χ2v) is 10.1. The van der Waals surface area contributed by atoms with Crippen LogP contribution in [0.25, 0.3) is 0 Å². The predicted octanol–water partition coefficient (Wildman–Crippen LogP) is 4.29. The molecule has 2 aliphatic rings. The first-order valence-electron chi connectivity index (χ1n) is 10.0. The number of nitrogens with one attached hydrogen (secondary N) is 1. The zero-order valence-electron chi connectivity index (χ0n) is 17.4. The van der Waals surface area contributed by atoms with Gasteiger partial charge in [-0.2, -0.15) is 0 Å². The second-order valence-electron chi connectivity index (χ2n) is 8.99. The van der Waals surface area contributed by atoms with Gasteiger partial charge in [-0.1, -0.05) is 32.9 Å². The zero-order chi connectivity index (χ0) is 21.3. The minimum absolute atomic E-state index is 0.166. The molecule has 0 aromatic carbocycles. The highest BCUT2D eigenvalue weighted by molar-refractivity contribution is 7.17.